The Morgan fingerprint density at radius 2 is 1.67 bits per heavy atom. The Bertz CT molecular complexity index is 9.51. The maximum Gasteiger partial charge on any atom is 0.0223 e. The summed E-state index contributed by atoms with van der Waals surface area (Å²) in [5, 5.41) is 2.75. The molecule has 0 rings (SSSR count). The minimum atomic E-state index is 0.472. The molecule has 0 amide bonds. The van der Waals surface area contributed by atoms with Crippen LogP contribution in [-0.4, -0.2) is 20.0 Å². The maximum atomic E-state index is 4.89. The maximum absolute atomic E-state index is 4.89. The first-order valence-electron chi connectivity index (χ1n) is 1.77. The van der Waals surface area contributed by atoms with Gasteiger partial charge in [0.2, 0.25) is 0 Å². The second-order valence-corrected chi connectivity index (χ2v) is 1.07. The quantitative estimate of drug-likeness (QED) is 0.455. The zero-order chi connectivity index (χ0) is 5.41. The normalized spacial score (nSPS) is 6.00. The minimum Gasteiger partial charge on any atom is -0.323 e. The van der Waals surface area contributed by atoms with Gasteiger partial charge in [-0.15, -0.1) is 11.6 Å². The van der Waals surface area contributed by atoms with E-state index in [4.69, 9.17) is 11.6 Å². The average Bonchev–Trinajstić information content (AvgIpc) is 1.39. The highest BCUT2D eigenvalue weighted by Crippen LogP contribution is 1.58. The van der Waals surface area contributed by atoms with Crippen molar-refractivity contribution < 1.29 is 0 Å². The van der Waals surface area contributed by atoms with E-state index in [1.807, 2.05) is 14.1 Å². The van der Waals surface area contributed by atoms with Crippen LogP contribution in [-0.2, 0) is 0 Å². The fourth-order valence-corrected chi connectivity index (χ4v) is 0. The van der Waals surface area contributed by atoms with Crippen LogP contribution in [0, 0.1) is 6.92 Å². The Morgan fingerprint density at radius 3 is 1.67 bits per heavy atom. The van der Waals surface area contributed by atoms with E-state index in [0.717, 1.165) is 0 Å². The van der Waals surface area contributed by atoms with Crippen LogP contribution in [0.2, 0.25) is 0 Å². The molecule has 0 spiro atoms. The van der Waals surface area contributed by atoms with Gasteiger partial charge in [0.15, 0.2) is 0 Å². The first-order chi connectivity index (χ1) is 2.83. The van der Waals surface area contributed by atoms with Gasteiger partial charge in [0, 0.05) is 5.88 Å². The Labute approximate surface area is 44.7 Å². The van der Waals surface area contributed by atoms with Crippen molar-refractivity contribution in [2.75, 3.05) is 20.0 Å². The minimum absolute atomic E-state index is 0.472. The molecule has 0 fully saturated rings. The third-order valence-electron chi connectivity index (χ3n) is 0. The number of alkyl halides is 1. The van der Waals surface area contributed by atoms with Crippen LogP contribution in [0.1, 0.15) is 0 Å². The van der Waals surface area contributed by atoms with Crippen molar-refractivity contribution in [1.82, 2.24) is 5.32 Å². The number of hydrogen-bond acceptors (Lipinski definition) is 1. The second-order valence-electron chi connectivity index (χ2n) is 0.689. The van der Waals surface area contributed by atoms with E-state index in [2.05, 4.69) is 12.2 Å². The van der Waals surface area contributed by atoms with Gasteiger partial charge in [-0.1, -0.05) is 0 Å². The highest BCUT2D eigenvalue weighted by Gasteiger charge is 1.39. The molecule has 0 aliphatic rings. The number of nitrogens with one attached hydrogen (secondary N) is 1. The number of hydrogen-bond donors (Lipinski definition) is 1. The van der Waals surface area contributed by atoms with E-state index < -0.39 is 0 Å². The molecule has 0 saturated carbocycles. The van der Waals surface area contributed by atoms with Gasteiger partial charge in [-0.2, -0.15) is 0 Å². The highest BCUT2D eigenvalue weighted by atomic mass is 35.5. The van der Waals surface area contributed by atoms with Crippen molar-refractivity contribution in [1.29, 1.82) is 0 Å². The molecular weight excluding hydrogens is 97.5 g/mol. The Hall–Kier alpha value is 0.250. The molecule has 0 unspecified atom stereocenters. The lowest BCUT2D eigenvalue weighted by molar-refractivity contribution is 1.02. The van der Waals surface area contributed by atoms with Crippen molar-refractivity contribution in [3.05, 3.63) is 6.92 Å². The Kier molecular flexibility index (Phi) is 29.8. The first kappa shape index (κ1) is 9.54. The predicted octanol–water partition coefficient (Wildman–Crippen LogP) is 0.895. The lowest BCUT2D eigenvalue weighted by Gasteiger charge is -1.59. The van der Waals surface area contributed by atoms with Crippen molar-refractivity contribution in [2.24, 2.45) is 0 Å². The zero-order valence-electron chi connectivity index (χ0n) is 4.29. The third-order valence-corrected chi connectivity index (χ3v) is 0. The lowest BCUT2D eigenvalue weighted by atomic mass is 11.0. The average molecular weight is 109 g/mol. The van der Waals surface area contributed by atoms with Crippen LogP contribution in [0.15, 0.2) is 0 Å². The summed E-state index contributed by atoms with van der Waals surface area (Å²) in [6.45, 7) is 3.25. The molecule has 1 nitrogen and oxygen atoms in total. The molecular formula is C4H11ClN. The van der Waals surface area contributed by atoms with Crippen molar-refractivity contribution >= 4 is 11.6 Å². The summed E-state index contributed by atoms with van der Waals surface area (Å²) < 4.78 is 0. The van der Waals surface area contributed by atoms with Crippen LogP contribution >= 0.6 is 11.6 Å². The summed E-state index contributed by atoms with van der Waals surface area (Å²) in [6, 6.07) is 0. The lowest BCUT2D eigenvalue weighted by Crippen LogP contribution is -1.89. The monoisotopic (exact) mass is 108 g/mol. The summed E-state index contributed by atoms with van der Waals surface area (Å²) in [5.41, 5.74) is 0. The number of rotatable bonds is 0. The molecule has 0 aromatic rings. The van der Waals surface area contributed by atoms with Crippen LogP contribution < -0.4 is 5.32 Å². The van der Waals surface area contributed by atoms with Crippen LogP contribution in [0.5, 0.6) is 0 Å². The fourth-order valence-electron chi connectivity index (χ4n) is 0. The van der Waals surface area contributed by atoms with Crippen LogP contribution in [0.25, 0.3) is 0 Å². The van der Waals surface area contributed by atoms with Crippen molar-refractivity contribution in [2.45, 2.75) is 0 Å². The van der Waals surface area contributed by atoms with E-state index in [0.29, 0.717) is 5.88 Å². The molecule has 0 aromatic carbocycles. The summed E-state index contributed by atoms with van der Waals surface area (Å²) in [5.74, 6) is 0.472. The summed E-state index contributed by atoms with van der Waals surface area (Å²) in [6.07, 6.45) is 0. The predicted molar refractivity (Wildman–Crippen MR) is 31.1 cm³/mol. The largest absolute Gasteiger partial charge is 0.323 e. The molecule has 6 heavy (non-hydrogen) atoms. The van der Waals surface area contributed by atoms with Crippen molar-refractivity contribution in [3.8, 4) is 0 Å². The number of halogens is 1. The molecule has 0 heterocycles. The molecule has 0 aliphatic carbocycles. The second kappa shape index (κ2) is 18.7. The first-order valence-corrected chi connectivity index (χ1v) is 2.30. The van der Waals surface area contributed by atoms with Gasteiger partial charge in [-0.25, -0.2) is 0 Å². The molecule has 1 N–H and O–H groups in total. The van der Waals surface area contributed by atoms with Gasteiger partial charge in [0.25, 0.3) is 0 Å². The molecule has 0 aromatic heterocycles. The van der Waals surface area contributed by atoms with E-state index in [-0.39, 0.29) is 0 Å². The van der Waals surface area contributed by atoms with Gasteiger partial charge >= 0.3 is 0 Å². The molecule has 39 valence electrons. The highest BCUT2D eigenvalue weighted by molar-refractivity contribution is 6.18. The summed E-state index contributed by atoms with van der Waals surface area (Å²) >= 11 is 4.89. The SMILES string of the molecule is CNC.[CH2]CCl. The fraction of sp³-hybridized carbons (Fsp3) is 0.750. The Morgan fingerprint density at radius 1 is 1.67 bits per heavy atom. The van der Waals surface area contributed by atoms with E-state index >= 15 is 0 Å². The van der Waals surface area contributed by atoms with Crippen LogP contribution in [0.3, 0.4) is 0 Å². The van der Waals surface area contributed by atoms with Gasteiger partial charge < -0.3 is 5.32 Å². The molecule has 0 saturated heterocycles. The summed E-state index contributed by atoms with van der Waals surface area (Å²) in [4.78, 5) is 0. The molecule has 1 radical (unpaired) electrons. The molecule has 2 heteroatoms. The van der Waals surface area contributed by atoms with Crippen molar-refractivity contribution in [3.63, 3.8) is 0 Å². The Balaban J connectivity index is 0. The standard InChI is InChI=1S/C2H4Cl.C2H7N/c1-2-3;1-3-2/h1-2H2;3H,1-2H3. The zero-order valence-corrected chi connectivity index (χ0v) is 5.05. The molecule has 0 bridgehead atoms. The summed E-state index contributed by atoms with van der Waals surface area (Å²) in [7, 11) is 3.75. The van der Waals surface area contributed by atoms with E-state index in [9.17, 15) is 0 Å². The van der Waals surface area contributed by atoms with E-state index in [1.165, 1.54) is 0 Å². The van der Waals surface area contributed by atoms with Gasteiger partial charge in [0.1, 0.15) is 0 Å². The van der Waals surface area contributed by atoms with Gasteiger partial charge in [-0.3, -0.25) is 0 Å². The molecule has 0 atom stereocenters. The van der Waals surface area contributed by atoms with E-state index in [1.54, 1.807) is 0 Å². The van der Waals surface area contributed by atoms with Gasteiger partial charge in [0.05, 0.1) is 0 Å². The third kappa shape index (κ3) is 718. The topological polar surface area (TPSA) is 12.0 Å². The van der Waals surface area contributed by atoms with Crippen LogP contribution in [0.4, 0.5) is 0 Å². The smallest absolute Gasteiger partial charge is 0.0223 e. The molecule has 0 aliphatic heterocycles. The van der Waals surface area contributed by atoms with Gasteiger partial charge in [-0.05, 0) is 21.0 Å².